The molecular weight excluding hydrogens is 224 g/mol. The summed E-state index contributed by atoms with van der Waals surface area (Å²) >= 11 is 0. The van der Waals surface area contributed by atoms with E-state index in [1.54, 1.807) is 31.4 Å². The van der Waals surface area contributed by atoms with Crippen LogP contribution >= 0.6 is 0 Å². The Balaban J connectivity index is 1.97. The quantitative estimate of drug-likeness (QED) is 0.817. The van der Waals surface area contributed by atoms with E-state index in [-0.39, 0.29) is 0 Å². The van der Waals surface area contributed by atoms with E-state index in [4.69, 9.17) is 14.0 Å². The van der Waals surface area contributed by atoms with Gasteiger partial charge >= 0.3 is 5.97 Å². The van der Waals surface area contributed by atoms with E-state index in [2.05, 4.69) is 10.5 Å². The second-order valence-corrected chi connectivity index (χ2v) is 3.60. The molecule has 0 aromatic carbocycles. The molecule has 0 saturated heterocycles. The Morgan fingerprint density at radius 3 is 3.06 bits per heavy atom. The van der Waals surface area contributed by atoms with Crippen LogP contribution in [0.1, 0.15) is 12.6 Å². The number of nitrogens with one attached hydrogen (secondary N) is 1. The lowest BCUT2D eigenvalue weighted by Crippen LogP contribution is -2.33. The smallest absolute Gasteiger partial charge is 0.320 e. The molecule has 0 unspecified atom stereocenters. The Bertz CT molecular complexity index is 489. The Labute approximate surface area is 97.2 Å². The summed E-state index contributed by atoms with van der Waals surface area (Å²) in [5, 5.41) is 15.3. The second kappa shape index (κ2) is 4.84. The zero-order chi connectivity index (χ0) is 12.3. The van der Waals surface area contributed by atoms with Gasteiger partial charge in [0.25, 0.3) is 0 Å². The van der Waals surface area contributed by atoms with Crippen molar-refractivity contribution in [1.82, 2.24) is 10.5 Å². The molecule has 0 amide bonds. The van der Waals surface area contributed by atoms with Crippen molar-refractivity contribution in [2.24, 2.45) is 0 Å². The molecular formula is C11H12N2O4. The molecule has 0 bridgehead atoms. The summed E-state index contributed by atoms with van der Waals surface area (Å²) in [7, 11) is 0. The first-order chi connectivity index (χ1) is 8.16. The van der Waals surface area contributed by atoms with Gasteiger partial charge in [-0.15, -0.1) is 0 Å². The summed E-state index contributed by atoms with van der Waals surface area (Å²) in [6, 6.07) is 4.60. The van der Waals surface area contributed by atoms with Gasteiger partial charge in [0.15, 0.2) is 5.76 Å². The first-order valence-corrected chi connectivity index (χ1v) is 5.12. The van der Waals surface area contributed by atoms with Crippen molar-refractivity contribution in [2.75, 3.05) is 0 Å². The molecule has 0 radical (unpaired) electrons. The van der Waals surface area contributed by atoms with Crippen molar-refractivity contribution >= 4 is 5.97 Å². The number of carbonyl (C=O) groups is 1. The van der Waals surface area contributed by atoms with Crippen LogP contribution in [0, 0.1) is 0 Å². The summed E-state index contributed by atoms with van der Waals surface area (Å²) < 4.78 is 10.2. The van der Waals surface area contributed by atoms with Gasteiger partial charge in [0.05, 0.1) is 12.0 Å². The molecule has 0 aliphatic carbocycles. The van der Waals surface area contributed by atoms with E-state index >= 15 is 0 Å². The zero-order valence-corrected chi connectivity index (χ0v) is 9.21. The van der Waals surface area contributed by atoms with E-state index in [1.807, 2.05) is 0 Å². The molecule has 6 nitrogen and oxygen atoms in total. The predicted molar refractivity (Wildman–Crippen MR) is 58.1 cm³/mol. The van der Waals surface area contributed by atoms with Gasteiger partial charge in [0, 0.05) is 12.6 Å². The molecule has 17 heavy (non-hydrogen) atoms. The fourth-order valence-corrected chi connectivity index (χ4v) is 1.27. The number of rotatable bonds is 5. The largest absolute Gasteiger partial charge is 0.480 e. The summed E-state index contributed by atoms with van der Waals surface area (Å²) in [5.41, 5.74) is 0.629. The third kappa shape index (κ3) is 2.73. The number of aromatic nitrogens is 1. The van der Waals surface area contributed by atoms with E-state index in [0.717, 1.165) is 0 Å². The highest BCUT2D eigenvalue weighted by Gasteiger charge is 2.12. The summed E-state index contributed by atoms with van der Waals surface area (Å²) in [4.78, 5) is 10.6. The Hall–Kier alpha value is -2.08. The van der Waals surface area contributed by atoms with Crippen LogP contribution in [0.15, 0.2) is 33.4 Å². The molecule has 0 fully saturated rings. The average Bonchev–Trinajstić information content (AvgIpc) is 2.95. The van der Waals surface area contributed by atoms with Crippen LogP contribution < -0.4 is 5.32 Å². The van der Waals surface area contributed by atoms with E-state index in [1.165, 1.54) is 0 Å². The molecule has 6 heteroatoms. The fourth-order valence-electron chi connectivity index (χ4n) is 1.27. The maximum absolute atomic E-state index is 10.6. The van der Waals surface area contributed by atoms with Gasteiger partial charge in [-0.25, -0.2) is 0 Å². The van der Waals surface area contributed by atoms with Crippen LogP contribution in [0.3, 0.4) is 0 Å². The minimum atomic E-state index is -0.903. The number of aliphatic carboxylic acids is 1. The lowest BCUT2D eigenvalue weighted by Gasteiger charge is -2.05. The number of carboxylic acids is 1. The fraction of sp³-hybridized carbons (Fsp3) is 0.273. The van der Waals surface area contributed by atoms with Crippen LogP contribution in [0.5, 0.6) is 0 Å². The van der Waals surface area contributed by atoms with Crippen molar-refractivity contribution in [3.63, 3.8) is 0 Å². The number of carboxylic acid groups (broad SMARTS) is 1. The second-order valence-electron chi connectivity index (χ2n) is 3.60. The van der Waals surface area contributed by atoms with E-state index in [0.29, 0.717) is 23.8 Å². The molecule has 2 N–H and O–H groups in total. The Morgan fingerprint density at radius 2 is 2.41 bits per heavy atom. The zero-order valence-electron chi connectivity index (χ0n) is 9.21. The van der Waals surface area contributed by atoms with Gasteiger partial charge in [-0.1, -0.05) is 5.16 Å². The first-order valence-electron chi connectivity index (χ1n) is 5.12. The normalized spacial score (nSPS) is 12.5. The molecule has 2 aromatic heterocycles. The maximum atomic E-state index is 10.6. The molecule has 0 spiro atoms. The first kappa shape index (κ1) is 11.4. The van der Waals surface area contributed by atoms with Crippen molar-refractivity contribution in [2.45, 2.75) is 19.5 Å². The van der Waals surface area contributed by atoms with Gasteiger partial charge in [0.1, 0.15) is 6.04 Å². The van der Waals surface area contributed by atoms with Crippen LogP contribution in [0.2, 0.25) is 0 Å². The number of nitrogens with zero attached hydrogens (tertiary/aromatic N) is 1. The topological polar surface area (TPSA) is 88.5 Å². The average molecular weight is 236 g/mol. The van der Waals surface area contributed by atoms with Gasteiger partial charge in [0.2, 0.25) is 5.76 Å². The van der Waals surface area contributed by atoms with Gasteiger partial charge < -0.3 is 14.0 Å². The van der Waals surface area contributed by atoms with Crippen molar-refractivity contribution in [3.05, 3.63) is 30.2 Å². The monoisotopic (exact) mass is 236 g/mol. The molecule has 0 aliphatic heterocycles. The highest BCUT2D eigenvalue weighted by molar-refractivity contribution is 5.72. The number of hydrogen-bond donors (Lipinski definition) is 2. The van der Waals surface area contributed by atoms with Crippen molar-refractivity contribution in [1.29, 1.82) is 0 Å². The highest BCUT2D eigenvalue weighted by Crippen LogP contribution is 2.20. The van der Waals surface area contributed by atoms with E-state index < -0.39 is 12.0 Å². The SMILES string of the molecule is C[C@H](NCc1cc(-c2ccco2)on1)C(=O)O. The van der Waals surface area contributed by atoms with Crippen LogP contribution in [0.25, 0.3) is 11.5 Å². The highest BCUT2D eigenvalue weighted by atomic mass is 16.5. The Morgan fingerprint density at radius 1 is 1.59 bits per heavy atom. The van der Waals surface area contributed by atoms with Gasteiger partial charge in [-0.05, 0) is 19.1 Å². The maximum Gasteiger partial charge on any atom is 0.320 e. The van der Waals surface area contributed by atoms with Gasteiger partial charge in [-0.2, -0.15) is 0 Å². The molecule has 2 heterocycles. The lowest BCUT2D eigenvalue weighted by atomic mass is 10.3. The van der Waals surface area contributed by atoms with Gasteiger partial charge in [-0.3, -0.25) is 10.1 Å². The minimum absolute atomic E-state index is 0.331. The number of hydrogen-bond acceptors (Lipinski definition) is 5. The predicted octanol–water partition coefficient (Wildman–Crippen LogP) is 1.50. The third-order valence-electron chi connectivity index (χ3n) is 2.28. The standard InChI is InChI=1S/C11H12N2O4/c1-7(11(14)15)12-6-8-5-10(17-13-8)9-3-2-4-16-9/h2-5,7,12H,6H2,1H3,(H,14,15)/t7-/m0/s1. The summed E-state index contributed by atoms with van der Waals surface area (Å²) in [6.45, 7) is 1.90. The summed E-state index contributed by atoms with van der Waals surface area (Å²) in [5.74, 6) is 0.213. The Kier molecular flexibility index (Phi) is 3.24. The van der Waals surface area contributed by atoms with Crippen LogP contribution in [-0.4, -0.2) is 22.3 Å². The minimum Gasteiger partial charge on any atom is -0.480 e. The molecule has 0 aliphatic rings. The molecule has 2 rings (SSSR count). The van der Waals surface area contributed by atoms with Crippen molar-refractivity contribution < 1.29 is 18.8 Å². The third-order valence-corrected chi connectivity index (χ3v) is 2.28. The van der Waals surface area contributed by atoms with Crippen LogP contribution in [-0.2, 0) is 11.3 Å². The van der Waals surface area contributed by atoms with E-state index in [9.17, 15) is 4.79 Å². The van der Waals surface area contributed by atoms with Crippen molar-refractivity contribution in [3.8, 4) is 11.5 Å². The molecule has 0 saturated carbocycles. The van der Waals surface area contributed by atoms with Crippen LogP contribution in [0.4, 0.5) is 0 Å². The summed E-state index contributed by atoms with van der Waals surface area (Å²) in [6.07, 6.45) is 1.54. The molecule has 90 valence electrons. The molecule has 1 atom stereocenters. The molecule has 2 aromatic rings. The lowest BCUT2D eigenvalue weighted by molar-refractivity contribution is -0.139. The number of furan rings is 1.